The van der Waals surface area contributed by atoms with Crippen LogP contribution in [0.2, 0.25) is 0 Å². The highest BCUT2D eigenvalue weighted by atomic mass is 16.2. The maximum atomic E-state index is 7.69. The monoisotopic (exact) mass is 197 g/mol. The van der Waals surface area contributed by atoms with Crippen molar-refractivity contribution in [2.24, 2.45) is 11.7 Å². The zero-order valence-electron chi connectivity index (χ0n) is 9.15. The molecule has 0 atom stereocenters. The van der Waals surface area contributed by atoms with Gasteiger partial charge in [-0.05, 0) is 19.3 Å². The maximum absolute atomic E-state index is 7.69. The van der Waals surface area contributed by atoms with Gasteiger partial charge in [-0.25, -0.2) is 0 Å². The maximum Gasteiger partial charge on any atom is 0.0748 e. The van der Waals surface area contributed by atoms with Gasteiger partial charge in [0.15, 0.2) is 0 Å². The zero-order chi connectivity index (χ0) is 10.6. The van der Waals surface area contributed by atoms with Gasteiger partial charge < -0.3 is 10.8 Å². The predicted molar refractivity (Wildman–Crippen MR) is 62.2 cm³/mol. The minimum Gasteiger partial charge on any atom is -0.516 e. The van der Waals surface area contributed by atoms with Crippen LogP contribution in [0.4, 0.5) is 0 Å². The number of hydrogen-bond donors (Lipinski definition) is 2. The predicted octanol–water partition coefficient (Wildman–Crippen LogP) is 3.16. The molecule has 1 aliphatic rings. The Kier molecular flexibility index (Phi) is 9.76. The second kappa shape index (κ2) is 10.3. The molecule has 0 aliphatic heterocycles. The topological polar surface area (TPSA) is 46.2 Å². The van der Waals surface area contributed by atoms with E-state index in [1.165, 1.54) is 32.1 Å². The average Bonchev–Trinajstić information content (AvgIpc) is 2.72. The van der Waals surface area contributed by atoms with E-state index < -0.39 is 0 Å². The number of aliphatic hydroxyl groups is 1. The normalized spacial score (nSPS) is 17.6. The molecule has 1 fully saturated rings. The highest BCUT2D eigenvalue weighted by molar-refractivity contribution is 4.85. The van der Waals surface area contributed by atoms with Crippen LogP contribution in [0.3, 0.4) is 0 Å². The summed E-state index contributed by atoms with van der Waals surface area (Å²) in [6.07, 6.45) is 13.9. The molecule has 0 aromatic rings. The van der Waals surface area contributed by atoms with E-state index in [4.69, 9.17) is 10.8 Å². The van der Waals surface area contributed by atoms with E-state index in [1.807, 2.05) is 0 Å². The summed E-state index contributed by atoms with van der Waals surface area (Å²) in [5, 5.41) is 7.69. The molecule has 0 unspecified atom stereocenters. The standard InChI is InChI=1S/C9H17N.C3H6O/c10-8-4-3-7-9-5-1-2-6-9;1-2-3-4/h3-4,9H,1-2,5-8,10H2;2-4H,1H3/b4-3-;3-2+. The van der Waals surface area contributed by atoms with Gasteiger partial charge in [0.1, 0.15) is 0 Å². The van der Waals surface area contributed by atoms with E-state index in [0.717, 1.165) is 12.2 Å². The highest BCUT2D eigenvalue weighted by Crippen LogP contribution is 2.27. The van der Waals surface area contributed by atoms with Crippen molar-refractivity contribution in [2.75, 3.05) is 6.54 Å². The fourth-order valence-electron chi connectivity index (χ4n) is 1.63. The molecule has 0 saturated heterocycles. The second-order valence-corrected chi connectivity index (χ2v) is 3.58. The molecule has 1 rings (SSSR count). The zero-order valence-corrected chi connectivity index (χ0v) is 9.15. The van der Waals surface area contributed by atoms with Crippen molar-refractivity contribution >= 4 is 0 Å². The van der Waals surface area contributed by atoms with Gasteiger partial charge in [-0.3, -0.25) is 0 Å². The second-order valence-electron chi connectivity index (χ2n) is 3.58. The Morgan fingerprint density at radius 1 is 1.29 bits per heavy atom. The van der Waals surface area contributed by atoms with Crippen LogP contribution in [-0.4, -0.2) is 11.7 Å². The van der Waals surface area contributed by atoms with Crippen molar-refractivity contribution < 1.29 is 5.11 Å². The summed E-state index contributed by atoms with van der Waals surface area (Å²) in [7, 11) is 0. The molecule has 2 heteroatoms. The number of rotatable bonds is 3. The molecule has 14 heavy (non-hydrogen) atoms. The van der Waals surface area contributed by atoms with Crippen molar-refractivity contribution in [1.82, 2.24) is 0 Å². The number of hydrogen-bond acceptors (Lipinski definition) is 2. The Morgan fingerprint density at radius 3 is 2.29 bits per heavy atom. The lowest BCUT2D eigenvalue weighted by Crippen LogP contribution is -1.94. The van der Waals surface area contributed by atoms with Crippen LogP contribution in [0, 0.1) is 5.92 Å². The molecule has 0 aromatic heterocycles. The van der Waals surface area contributed by atoms with Crippen molar-refractivity contribution in [3.05, 3.63) is 24.5 Å². The summed E-state index contributed by atoms with van der Waals surface area (Å²) in [6, 6.07) is 0. The Balaban J connectivity index is 0.000000364. The third-order valence-electron chi connectivity index (χ3n) is 2.40. The third kappa shape index (κ3) is 7.87. The molecule has 0 radical (unpaired) electrons. The summed E-state index contributed by atoms with van der Waals surface area (Å²) in [5.41, 5.74) is 5.33. The quantitative estimate of drug-likeness (QED) is 0.539. The summed E-state index contributed by atoms with van der Waals surface area (Å²) < 4.78 is 0. The molecule has 0 amide bonds. The Labute approximate surface area is 87.5 Å². The fourth-order valence-corrected chi connectivity index (χ4v) is 1.63. The first-order valence-electron chi connectivity index (χ1n) is 5.45. The largest absolute Gasteiger partial charge is 0.516 e. The van der Waals surface area contributed by atoms with Crippen LogP contribution < -0.4 is 5.73 Å². The van der Waals surface area contributed by atoms with Crippen molar-refractivity contribution in [2.45, 2.75) is 39.0 Å². The SMILES string of the molecule is C/C=C/O.NC/C=C\CC1CCCC1. The minimum atomic E-state index is 0.701. The lowest BCUT2D eigenvalue weighted by molar-refractivity contribution is 0.472. The lowest BCUT2D eigenvalue weighted by atomic mass is 10.0. The Hall–Kier alpha value is -0.760. The minimum absolute atomic E-state index is 0.701. The van der Waals surface area contributed by atoms with Crippen LogP contribution in [0.5, 0.6) is 0 Å². The molecule has 0 spiro atoms. The van der Waals surface area contributed by atoms with Gasteiger partial charge >= 0.3 is 0 Å². The van der Waals surface area contributed by atoms with E-state index in [9.17, 15) is 0 Å². The van der Waals surface area contributed by atoms with E-state index >= 15 is 0 Å². The number of aliphatic hydroxyl groups excluding tert-OH is 1. The molecular formula is C12H23NO. The first kappa shape index (κ1) is 13.2. The van der Waals surface area contributed by atoms with Gasteiger partial charge in [0.05, 0.1) is 6.26 Å². The van der Waals surface area contributed by atoms with Crippen LogP contribution in [-0.2, 0) is 0 Å². The van der Waals surface area contributed by atoms with Gasteiger partial charge in [-0.15, -0.1) is 0 Å². The third-order valence-corrected chi connectivity index (χ3v) is 2.40. The molecule has 0 bridgehead atoms. The van der Waals surface area contributed by atoms with Crippen LogP contribution in [0.15, 0.2) is 24.5 Å². The molecule has 1 aliphatic carbocycles. The summed E-state index contributed by atoms with van der Waals surface area (Å²) >= 11 is 0. The Bertz CT molecular complexity index is 154. The van der Waals surface area contributed by atoms with Gasteiger partial charge in [-0.2, -0.15) is 0 Å². The molecule has 0 heterocycles. The van der Waals surface area contributed by atoms with Crippen molar-refractivity contribution in [3.63, 3.8) is 0 Å². The van der Waals surface area contributed by atoms with Crippen LogP contribution in [0.1, 0.15) is 39.0 Å². The first-order valence-corrected chi connectivity index (χ1v) is 5.45. The van der Waals surface area contributed by atoms with Crippen molar-refractivity contribution in [1.29, 1.82) is 0 Å². The summed E-state index contributed by atoms with van der Waals surface area (Å²) in [4.78, 5) is 0. The van der Waals surface area contributed by atoms with Crippen LogP contribution in [0.25, 0.3) is 0 Å². The summed E-state index contributed by atoms with van der Waals surface area (Å²) in [6.45, 7) is 2.45. The number of allylic oxidation sites excluding steroid dienone is 2. The lowest BCUT2D eigenvalue weighted by Gasteiger charge is -2.02. The average molecular weight is 197 g/mol. The van der Waals surface area contributed by atoms with Gasteiger partial charge in [-0.1, -0.05) is 43.9 Å². The molecule has 1 saturated carbocycles. The van der Waals surface area contributed by atoms with E-state index in [2.05, 4.69) is 12.2 Å². The van der Waals surface area contributed by atoms with E-state index in [0.29, 0.717) is 6.54 Å². The molecule has 2 nitrogen and oxygen atoms in total. The van der Waals surface area contributed by atoms with Gasteiger partial charge in [0, 0.05) is 6.54 Å². The molecule has 0 aromatic carbocycles. The smallest absolute Gasteiger partial charge is 0.0748 e. The van der Waals surface area contributed by atoms with E-state index in [1.54, 1.807) is 13.0 Å². The first-order chi connectivity index (χ1) is 6.85. The summed E-state index contributed by atoms with van der Waals surface area (Å²) in [5.74, 6) is 0.975. The van der Waals surface area contributed by atoms with Gasteiger partial charge in [0.25, 0.3) is 0 Å². The molecule has 3 N–H and O–H groups in total. The highest BCUT2D eigenvalue weighted by Gasteiger charge is 2.12. The number of nitrogens with two attached hydrogens (primary N) is 1. The van der Waals surface area contributed by atoms with E-state index in [-0.39, 0.29) is 0 Å². The van der Waals surface area contributed by atoms with Gasteiger partial charge in [0.2, 0.25) is 0 Å². The van der Waals surface area contributed by atoms with Crippen molar-refractivity contribution in [3.8, 4) is 0 Å². The molecular weight excluding hydrogens is 174 g/mol. The molecule has 82 valence electrons. The fraction of sp³-hybridized carbons (Fsp3) is 0.667. The van der Waals surface area contributed by atoms with Crippen LogP contribution >= 0.6 is 0 Å². The Morgan fingerprint density at radius 2 is 1.86 bits per heavy atom.